The first-order chi connectivity index (χ1) is 12.7. The molecule has 0 aliphatic heterocycles. The zero-order valence-electron chi connectivity index (χ0n) is 15.0. The van der Waals surface area contributed by atoms with Crippen LogP contribution in [0.5, 0.6) is 5.75 Å². The van der Waals surface area contributed by atoms with Gasteiger partial charge in [-0.25, -0.2) is 4.98 Å². The maximum atomic E-state index is 9.53. The topological polar surface area (TPSA) is 58.3 Å². The quantitative estimate of drug-likeness (QED) is 0.599. The molecule has 0 saturated heterocycles. The normalized spacial score (nSPS) is 20.0. The number of nitrogens with one attached hydrogen (secondary N) is 1. The number of aromatic nitrogens is 1. The molecule has 4 heteroatoms. The summed E-state index contributed by atoms with van der Waals surface area (Å²) in [5.74, 6) is 2.50. The number of oxazole rings is 1. The highest BCUT2D eigenvalue weighted by molar-refractivity contribution is 5.60. The second-order valence-electron chi connectivity index (χ2n) is 7.28. The lowest BCUT2D eigenvalue weighted by Crippen LogP contribution is -2.10. The van der Waals surface area contributed by atoms with Crippen molar-refractivity contribution in [2.45, 2.75) is 38.5 Å². The highest BCUT2D eigenvalue weighted by atomic mass is 16.4. The average molecular weight is 348 g/mol. The predicted molar refractivity (Wildman–Crippen MR) is 104 cm³/mol. The molecule has 0 unspecified atom stereocenters. The minimum absolute atomic E-state index is 0.203. The molecular formula is C22H24N2O2. The van der Waals surface area contributed by atoms with Crippen LogP contribution in [0.3, 0.4) is 0 Å². The summed E-state index contributed by atoms with van der Waals surface area (Å²) in [6.07, 6.45) is 6.97. The molecule has 0 atom stereocenters. The Morgan fingerprint density at radius 1 is 1.04 bits per heavy atom. The number of phenolic OH excluding ortho intramolecular Hbond substituents is 1. The summed E-state index contributed by atoms with van der Waals surface area (Å²) in [7, 11) is 0. The lowest BCUT2D eigenvalue weighted by atomic mass is 9.79. The number of hydrogen-bond donors (Lipinski definition) is 2. The van der Waals surface area contributed by atoms with Crippen LogP contribution in [0.1, 0.15) is 44.1 Å². The van der Waals surface area contributed by atoms with Crippen LogP contribution >= 0.6 is 0 Å². The van der Waals surface area contributed by atoms with Crippen LogP contribution in [-0.4, -0.2) is 10.1 Å². The van der Waals surface area contributed by atoms with Gasteiger partial charge in [-0.2, -0.15) is 0 Å². The van der Waals surface area contributed by atoms with Gasteiger partial charge in [-0.05, 0) is 42.4 Å². The van der Waals surface area contributed by atoms with E-state index >= 15 is 0 Å². The van der Waals surface area contributed by atoms with E-state index in [9.17, 15) is 5.11 Å². The van der Waals surface area contributed by atoms with E-state index in [0.717, 1.165) is 22.9 Å². The third-order valence-corrected chi connectivity index (χ3v) is 5.29. The van der Waals surface area contributed by atoms with E-state index in [-0.39, 0.29) is 5.75 Å². The molecule has 2 aromatic carbocycles. The van der Waals surface area contributed by atoms with E-state index in [1.54, 1.807) is 24.4 Å². The van der Waals surface area contributed by atoms with Crippen LogP contribution in [0.4, 0.5) is 11.7 Å². The van der Waals surface area contributed by atoms with Crippen LogP contribution in [0.25, 0.3) is 11.3 Å². The largest absolute Gasteiger partial charge is 0.508 e. The highest BCUT2D eigenvalue weighted by Crippen LogP contribution is 2.36. The maximum absolute atomic E-state index is 9.53. The maximum Gasteiger partial charge on any atom is 0.299 e. The summed E-state index contributed by atoms with van der Waals surface area (Å²) in [5, 5.41) is 12.6. The van der Waals surface area contributed by atoms with Crippen molar-refractivity contribution in [3.63, 3.8) is 0 Å². The van der Waals surface area contributed by atoms with Gasteiger partial charge in [-0.1, -0.05) is 50.1 Å². The van der Waals surface area contributed by atoms with Crippen LogP contribution in [0.2, 0.25) is 0 Å². The Hall–Kier alpha value is -2.75. The molecule has 1 saturated carbocycles. The molecule has 3 aromatic rings. The highest BCUT2D eigenvalue weighted by Gasteiger charge is 2.19. The molecule has 0 radical (unpaired) electrons. The zero-order chi connectivity index (χ0) is 17.9. The van der Waals surface area contributed by atoms with Crippen LogP contribution in [0, 0.1) is 5.92 Å². The first kappa shape index (κ1) is 16.7. The third kappa shape index (κ3) is 3.74. The molecule has 26 heavy (non-hydrogen) atoms. The summed E-state index contributed by atoms with van der Waals surface area (Å²) >= 11 is 0. The number of phenols is 1. The van der Waals surface area contributed by atoms with Crippen molar-refractivity contribution in [3.8, 4) is 17.1 Å². The van der Waals surface area contributed by atoms with E-state index in [2.05, 4.69) is 41.5 Å². The summed E-state index contributed by atoms with van der Waals surface area (Å²) in [5.41, 5.74) is 3.19. The molecule has 0 amide bonds. The summed E-state index contributed by atoms with van der Waals surface area (Å²) in [4.78, 5) is 4.28. The molecule has 2 N–H and O–H groups in total. The molecule has 4 nitrogen and oxygen atoms in total. The minimum atomic E-state index is 0.203. The number of aromatic hydroxyl groups is 1. The van der Waals surface area contributed by atoms with Crippen molar-refractivity contribution in [1.82, 2.24) is 4.98 Å². The molecule has 0 spiro atoms. The molecule has 1 aliphatic rings. The fourth-order valence-corrected chi connectivity index (χ4v) is 3.69. The first-order valence-electron chi connectivity index (χ1n) is 9.29. The Morgan fingerprint density at radius 2 is 1.81 bits per heavy atom. The van der Waals surface area contributed by atoms with E-state index in [4.69, 9.17) is 4.42 Å². The summed E-state index contributed by atoms with van der Waals surface area (Å²) < 4.78 is 5.81. The monoisotopic (exact) mass is 348 g/mol. The van der Waals surface area contributed by atoms with Gasteiger partial charge in [0.2, 0.25) is 0 Å². The Morgan fingerprint density at radius 3 is 2.54 bits per heavy atom. The van der Waals surface area contributed by atoms with Crippen LogP contribution in [0.15, 0.2) is 59.1 Å². The lowest BCUT2D eigenvalue weighted by Gasteiger charge is -2.26. The Labute approximate surface area is 153 Å². The number of anilines is 2. The number of hydrogen-bond acceptors (Lipinski definition) is 4. The van der Waals surface area contributed by atoms with Crippen molar-refractivity contribution in [2.75, 3.05) is 5.32 Å². The van der Waals surface area contributed by atoms with Gasteiger partial charge in [-0.3, -0.25) is 0 Å². The fraction of sp³-hybridized carbons (Fsp3) is 0.318. The molecule has 134 valence electrons. The van der Waals surface area contributed by atoms with Gasteiger partial charge in [0.15, 0.2) is 5.76 Å². The summed E-state index contributed by atoms with van der Waals surface area (Å²) in [6, 6.07) is 16.0. The Kier molecular flexibility index (Phi) is 4.65. The van der Waals surface area contributed by atoms with E-state index in [0.29, 0.717) is 11.9 Å². The molecule has 1 fully saturated rings. The number of benzene rings is 2. The van der Waals surface area contributed by atoms with Gasteiger partial charge in [0, 0.05) is 17.3 Å². The molecule has 1 heterocycles. The molecule has 4 rings (SSSR count). The minimum Gasteiger partial charge on any atom is -0.508 e. The second-order valence-corrected chi connectivity index (χ2v) is 7.28. The van der Waals surface area contributed by atoms with E-state index in [1.807, 2.05) is 6.07 Å². The second kappa shape index (κ2) is 7.24. The van der Waals surface area contributed by atoms with E-state index in [1.165, 1.54) is 31.2 Å². The molecule has 1 aliphatic carbocycles. The van der Waals surface area contributed by atoms with Crippen molar-refractivity contribution >= 4 is 11.7 Å². The average Bonchev–Trinajstić information content (AvgIpc) is 3.11. The van der Waals surface area contributed by atoms with Crippen LogP contribution in [-0.2, 0) is 0 Å². The molecule has 0 bridgehead atoms. The predicted octanol–water partition coefficient (Wildman–Crippen LogP) is 6.08. The van der Waals surface area contributed by atoms with Gasteiger partial charge in [0.1, 0.15) is 5.75 Å². The smallest absolute Gasteiger partial charge is 0.299 e. The number of rotatable bonds is 4. The summed E-state index contributed by atoms with van der Waals surface area (Å²) in [6.45, 7) is 2.35. The van der Waals surface area contributed by atoms with Crippen molar-refractivity contribution in [2.24, 2.45) is 5.92 Å². The standard InChI is InChI=1S/C22H24N2O2/c1-15-5-7-16(8-6-15)17-9-11-18(12-10-17)21-14-23-22(26-21)24-19-3-2-4-20(25)13-19/h2-4,9-16,25H,5-8H2,1H3,(H,23,24)/t15-,16-. The van der Waals surface area contributed by atoms with Crippen molar-refractivity contribution in [1.29, 1.82) is 0 Å². The van der Waals surface area contributed by atoms with Gasteiger partial charge in [0.05, 0.1) is 6.20 Å². The first-order valence-corrected chi connectivity index (χ1v) is 9.29. The van der Waals surface area contributed by atoms with Crippen molar-refractivity contribution < 1.29 is 9.52 Å². The third-order valence-electron chi connectivity index (χ3n) is 5.29. The van der Waals surface area contributed by atoms with Gasteiger partial charge < -0.3 is 14.8 Å². The lowest BCUT2D eigenvalue weighted by molar-refractivity contribution is 0.348. The van der Waals surface area contributed by atoms with Gasteiger partial charge in [0.25, 0.3) is 6.01 Å². The fourth-order valence-electron chi connectivity index (χ4n) is 3.69. The Bertz CT molecular complexity index is 862. The zero-order valence-corrected chi connectivity index (χ0v) is 15.0. The molecule has 1 aromatic heterocycles. The van der Waals surface area contributed by atoms with E-state index < -0.39 is 0 Å². The van der Waals surface area contributed by atoms with Gasteiger partial charge in [-0.15, -0.1) is 0 Å². The Balaban J connectivity index is 1.45. The van der Waals surface area contributed by atoms with Crippen LogP contribution < -0.4 is 5.32 Å². The number of nitrogens with zero attached hydrogens (tertiary/aromatic N) is 1. The van der Waals surface area contributed by atoms with Gasteiger partial charge >= 0.3 is 0 Å². The van der Waals surface area contributed by atoms with Crippen molar-refractivity contribution in [3.05, 3.63) is 60.3 Å². The molecular weight excluding hydrogens is 324 g/mol. The SMILES string of the molecule is C[C@H]1CC[C@H](c2ccc(-c3cnc(Nc4cccc(O)c4)o3)cc2)CC1.